The maximum atomic E-state index is 2.81. The van der Waals surface area contributed by atoms with Gasteiger partial charge in [0, 0.05) is 0 Å². The number of hydrogen-bond donors (Lipinski definition) is 0. The van der Waals surface area contributed by atoms with Gasteiger partial charge in [0.2, 0.25) is 0 Å². The third kappa shape index (κ3) is 5.32. The molecule has 0 aliphatic heterocycles. The van der Waals surface area contributed by atoms with E-state index in [0.717, 1.165) is 0 Å². The van der Waals surface area contributed by atoms with Crippen molar-refractivity contribution in [3.8, 4) is 0 Å². The van der Waals surface area contributed by atoms with Crippen molar-refractivity contribution in [2.45, 2.75) is 71.3 Å². The summed E-state index contributed by atoms with van der Waals surface area (Å²) in [5.74, 6) is 0. The van der Waals surface area contributed by atoms with Crippen molar-refractivity contribution in [3.63, 3.8) is 0 Å². The predicted molar refractivity (Wildman–Crippen MR) is 76.3 cm³/mol. The first-order valence-electron chi connectivity index (χ1n) is 6.52. The van der Waals surface area contributed by atoms with Gasteiger partial charge in [0.1, 0.15) is 17.2 Å². The molecule has 0 N–H and O–H groups in total. The molecule has 1 radical (unpaired) electrons. The highest BCUT2D eigenvalue weighted by atomic mass is 28.4. The minimum atomic E-state index is -1.08. The van der Waals surface area contributed by atoms with Gasteiger partial charge in [0.25, 0.3) is 0 Å². The monoisotopic (exact) mass is 244 g/mol. The molecule has 3 heteroatoms. The van der Waals surface area contributed by atoms with Crippen molar-refractivity contribution in [2.75, 3.05) is 7.05 Å². The largest absolute Gasteiger partial charge is 0.349 e. The van der Waals surface area contributed by atoms with E-state index >= 15 is 0 Å². The van der Waals surface area contributed by atoms with Crippen molar-refractivity contribution in [1.29, 1.82) is 0 Å². The fourth-order valence-electron chi connectivity index (χ4n) is 2.12. The van der Waals surface area contributed by atoms with Crippen molar-refractivity contribution < 1.29 is 0 Å². The van der Waals surface area contributed by atoms with E-state index in [9.17, 15) is 0 Å². The lowest BCUT2D eigenvalue weighted by Gasteiger charge is -2.39. The molecule has 0 aromatic carbocycles. The molecule has 0 aliphatic carbocycles. The minimum absolute atomic E-state index is 0.234. The van der Waals surface area contributed by atoms with Crippen LogP contribution in [-0.4, -0.2) is 28.5 Å². The zero-order valence-electron chi connectivity index (χ0n) is 11.7. The lowest BCUT2D eigenvalue weighted by molar-refractivity contribution is 0.706. The summed E-state index contributed by atoms with van der Waals surface area (Å²) in [6.45, 7) is 12.1. The maximum Gasteiger partial charge on any atom is 0.122 e. The fraction of sp³-hybridized carbons (Fsp3) is 1.00. The van der Waals surface area contributed by atoms with Gasteiger partial charge in [-0.2, -0.15) is 0 Å². The van der Waals surface area contributed by atoms with Gasteiger partial charge >= 0.3 is 0 Å². The molecule has 0 fully saturated rings. The standard InChI is InChI=1S/C12H30NSi2/c1-7-9-11-15(6,12-10-8-2)13(3)14(4)5/h7-12H2,1-6H3. The second-order valence-corrected chi connectivity index (χ2v) is 12.9. The SMILES string of the molecule is CCCC[Si](C)(CCCC)N(C)[Si](C)C. The Labute approximate surface area is 100 Å². The van der Waals surface area contributed by atoms with E-state index in [4.69, 9.17) is 0 Å². The number of rotatable bonds is 8. The Morgan fingerprint density at radius 3 is 1.67 bits per heavy atom. The van der Waals surface area contributed by atoms with Crippen LogP contribution in [0.2, 0.25) is 31.7 Å². The summed E-state index contributed by atoms with van der Waals surface area (Å²) in [4.78, 5) is 0. The number of hydrogen-bond acceptors (Lipinski definition) is 1. The minimum Gasteiger partial charge on any atom is -0.349 e. The number of unbranched alkanes of at least 4 members (excludes halogenated alkanes) is 2. The zero-order chi connectivity index (χ0) is 11.9. The van der Waals surface area contributed by atoms with Gasteiger partial charge in [-0.05, 0) is 19.1 Å². The first-order valence-corrected chi connectivity index (χ1v) is 11.8. The van der Waals surface area contributed by atoms with Gasteiger partial charge in [-0.3, -0.25) is 0 Å². The Balaban J connectivity index is 4.37. The third-order valence-electron chi connectivity index (χ3n) is 3.62. The van der Waals surface area contributed by atoms with Crippen LogP contribution < -0.4 is 0 Å². The molecule has 0 aliphatic rings. The summed E-state index contributed by atoms with van der Waals surface area (Å²) in [6.07, 6.45) is 5.59. The van der Waals surface area contributed by atoms with Gasteiger partial charge in [-0.15, -0.1) is 0 Å². The molecule has 0 aromatic rings. The summed E-state index contributed by atoms with van der Waals surface area (Å²) < 4.78 is 2.81. The third-order valence-corrected chi connectivity index (χ3v) is 12.4. The molecule has 0 amide bonds. The van der Waals surface area contributed by atoms with Gasteiger partial charge in [-0.1, -0.05) is 59.2 Å². The smallest absolute Gasteiger partial charge is 0.122 e. The summed E-state index contributed by atoms with van der Waals surface area (Å²) >= 11 is 0. The molecule has 0 rings (SSSR count). The lowest BCUT2D eigenvalue weighted by Crippen LogP contribution is -2.53. The Morgan fingerprint density at radius 2 is 1.40 bits per heavy atom. The average Bonchev–Trinajstić information content (AvgIpc) is 2.22. The Morgan fingerprint density at radius 1 is 1.00 bits per heavy atom. The van der Waals surface area contributed by atoms with E-state index in [-0.39, 0.29) is 8.96 Å². The molecule has 15 heavy (non-hydrogen) atoms. The molecule has 91 valence electrons. The lowest BCUT2D eigenvalue weighted by atomic mass is 10.4. The van der Waals surface area contributed by atoms with E-state index < -0.39 is 8.24 Å². The van der Waals surface area contributed by atoms with Crippen LogP contribution >= 0.6 is 0 Å². The van der Waals surface area contributed by atoms with Crippen LogP contribution in [0, 0.1) is 0 Å². The average molecular weight is 245 g/mol. The van der Waals surface area contributed by atoms with Gasteiger partial charge < -0.3 is 4.23 Å². The van der Waals surface area contributed by atoms with Crippen LogP contribution in [0.5, 0.6) is 0 Å². The summed E-state index contributed by atoms with van der Waals surface area (Å²) in [6, 6.07) is 3.02. The summed E-state index contributed by atoms with van der Waals surface area (Å²) in [7, 11) is 1.08. The second kappa shape index (κ2) is 7.63. The fourth-order valence-corrected chi connectivity index (χ4v) is 10.3. The molecule has 0 heterocycles. The van der Waals surface area contributed by atoms with E-state index in [0.29, 0.717) is 0 Å². The van der Waals surface area contributed by atoms with Crippen molar-refractivity contribution >= 4 is 17.2 Å². The van der Waals surface area contributed by atoms with Crippen LogP contribution in [0.3, 0.4) is 0 Å². The van der Waals surface area contributed by atoms with Gasteiger partial charge in [0.05, 0.1) is 0 Å². The molecule has 0 spiro atoms. The first kappa shape index (κ1) is 15.4. The molecular formula is C12H30NSi2. The topological polar surface area (TPSA) is 3.24 Å². The van der Waals surface area contributed by atoms with Gasteiger partial charge in [0.15, 0.2) is 0 Å². The molecular weight excluding hydrogens is 214 g/mol. The summed E-state index contributed by atoms with van der Waals surface area (Å²) in [5, 5.41) is 0. The van der Waals surface area contributed by atoms with E-state index in [1.165, 1.54) is 37.8 Å². The van der Waals surface area contributed by atoms with E-state index in [1.807, 2.05) is 0 Å². The second-order valence-electron chi connectivity index (χ2n) is 5.21. The highest BCUT2D eigenvalue weighted by Gasteiger charge is 2.32. The highest BCUT2D eigenvalue weighted by molar-refractivity contribution is 6.84. The van der Waals surface area contributed by atoms with Crippen LogP contribution in [-0.2, 0) is 0 Å². The molecule has 0 unspecified atom stereocenters. The molecule has 1 nitrogen and oxygen atoms in total. The molecule has 0 saturated heterocycles. The van der Waals surface area contributed by atoms with E-state index in [1.54, 1.807) is 0 Å². The Bertz CT molecular complexity index is 152. The zero-order valence-corrected chi connectivity index (χ0v) is 13.7. The van der Waals surface area contributed by atoms with Crippen molar-refractivity contribution in [1.82, 2.24) is 4.23 Å². The summed E-state index contributed by atoms with van der Waals surface area (Å²) in [5.41, 5.74) is 0. The van der Waals surface area contributed by atoms with Crippen molar-refractivity contribution in [2.24, 2.45) is 0 Å². The van der Waals surface area contributed by atoms with Crippen LogP contribution in [0.25, 0.3) is 0 Å². The molecule has 0 bridgehead atoms. The molecule has 0 aromatic heterocycles. The number of nitrogens with zero attached hydrogens (tertiary/aromatic N) is 1. The maximum absolute atomic E-state index is 2.81. The molecule has 0 saturated carbocycles. The first-order chi connectivity index (χ1) is 6.98. The van der Waals surface area contributed by atoms with Gasteiger partial charge in [-0.25, -0.2) is 0 Å². The van der Waals surface area contributed by atoms with Crippen molar-refractivity contribution in [3.05, 3.63) is 0 Å². The normalized spacial score (nSPS) is 12.8. The Kier molecular flexibility index (Phi) is 7.83. The van der Waals surface area contributed by atoms with E-state index in [2.05, 4.69) is 44.8 Å². The quantitative estimate of drug-likeness (QED) is 0.574. The highest BCUT2D eigenvalue weighted by Crippen LogP contribution is 2.25. The molecule has 0 atom stereocenters. The van der Waals surface area contributed by atoms with Crippen LogP contribution in [0.1, 0.15) is 39.5 Å². The van der Waals surface area contributed by atoms with Crippen LogP contribution in [0.15, 0.2) is 0 Å². The predicted octanol–water partition coefficient (Wildman–Crippen LogP) is 4.34. The Hall–Kier alpha value is 0.394. The van der Waals surface area contributed by atoms with Crippen LogP contribution in [0.4, 0.5) is 0 Å².